The normalized spacial score (nSPS) is 17.8. The molecule has 1 amide bonds. The van der Waals surface area contributed by atoms with Crippen molar-refractivity contribution in [2.24, 2.45) is 4.99 Å². The average Bonchev–Trinajstić information content (AvgIpc) is 3.08. The van der Waals surface area contributed by atoms with Gasteiger partial charge in [0.25, 0.3) is 0 Å². The standard InChI is InChI=1S/C13H14N2O3S2/c1-8(20-13-14-4-5-19-13)12(16)15-9-2-3-10-11(6-9)18-7-17-10/h2-3,6,8H,4-5,7H2,1H3,(H,15,16)/t8-/m1/s1. The van der Waals surface area contributed by atoms with Crippen LogP contribution in [-0.4, -0.2) is 34.6 Å². The molecule has 0 saturated carbocycles. The molecular formula is C13H14N2O3S2. The van der Waals surface area contributed by atoms with E-state index < -0.39 is 0 Å². The van der Waals surface area contributed by atoms with Gasteiger partial charge in [0.15, 0.2) is 11.5 Å². The minimum absolute atomic E-state index is 0.0379. The Labute approximate surface area is 125 Å². The number of nitrogens with zero attached hydrogens (tertiary/aromatic N) is 1. The zero-order valence-corrected chi connectivity index (χ0v) is 12.6. The Balaban J connectivity index is 1.60. The number of amides is 1. The molecule has 0 radical (unpaired) electrons. The van der Waals surface area contributed by atoms with Crippen molar-refractivity contribution in [2.75, 3.05) is 24.4 Å². The van der Waals surface area contributed by atoms with E-state index in [0.29, 0.717) is 17.2 Å². The molecule has 1 N–H and O–H groups in total. The van der Waals surface area contributed by atoms with Crippen LogP contribution in [0.1, 0.15) is 6.92 Å². The van der Waals surface area contributed by atoms with Gasteiger partial charge in [-0.3, -0.25) is 9.79 Å². The summed E-state index contributed by atoms with van der Waals surface area (Å²) in [6.45, 7) is 2.97. The molecular weight excluding hydrogens is 296 g/mol. The summed E-state index contributed by atoms with van der Waals surface area (Å²) in [6, 6.07) is 5.39. The Morgan fingerprint density at radius 1 is 1.45 bits per heavy atom. The van der Waals surface area contributed by atoms with Gasteiger partial charge in [-0.25, -0.2) is 0 Å². The van der Waals surface area contributed by atoms with Crippen molar-refractivity contribution in [2.45, 2.75) is 12.2 Å². The first-order valence-corrected chi connectivity index (χ1v) is 8.13. The molecule has 0 aromatic heterocycles. The highest BCUT2D eigenvalue weighted by molar-refractivity contribution is 8.39. The summed E-state index contributed by atoms with van der Waals surface area (Å²) >= 11 is 3.21. The van der Waals surface area contributed by atoms with Gasteiger partial charge < -0.3 is 14.8 Å². The number of carbonyl (C=O) groups excluding carboxylic acids is 1. The molecule has 2 aliphatic heterocycles. The molecule has 1 aromatic rings. The highest BCUT2D eigenvalue weighted by Gasteiger charge is 2.20. The fourth-order valence-corrected chi connectivity index (χ4v) is 3.94. The van der Waals surface area contributed by atoms with Gasteiger partial charge in [0.2, 0.25) is 12.7 Å². The van der Waals surface area contributed by atoms with E-state index in [-0.39, 0.29) is 18.0 Å². The van der Waals surface area contributed by atoms with Crippen LogP contribution in [0.15, 0.2) is 23.2 Å². The molecule has 0 aliphatic carbocycles. The van der Waals surface area contributed by atoms with E-state index in [4.69, 9.17) is 9.47 Å². The quantitative estimate of drug-likeness (QED) is 0.930. The number of ether oxygens (including phenoxy) is 2. The molecule has 2 aliphatic rings. The fraction of sp³-hybridized carbons (Fsp3) is 0.385. The van der Waals surface area contributed by atoms with Gasteiger partial charge in [-0.15, -0.1) is 0 Å². The van der Waals surface area contributed by atoms with Crippen LogP contribution in [0.2, 0.25) is 0 Å². The minimum atomic E-state index is -0.176. The SMILES string of the molecule is C[C@@H](SC1=NCCS1)C(=O)Nc1ccc2c(c1)OCO2. The predicted octanol–water partition coefficient (Wildman–Crippen LogP) is 2.58. The van der Waals surface area contributed by atoms with Crippen LogP contribution in [0.4, 0.5) is 5.69 Å². The Morgan fingerprint density at radius 3 is 3.10 bits per heavy atom. The van der Waals surface area contributed by atoms with E-state index in [2.05, 4.69) is 10.3 Å². The number of benzene rings is 1. The Hall–Kier alpha value is -1.34. The molecule has 0 fully saturated rings. The molecule has 1 aromatic carbocycles. The lowest BCUT2D eigenvalue weighted by atomic mass is 10.2. The zero-order chi connectivity index (χ0) is 13.9. The summed E-state index contributed by atoms with van der Waals surface area (Å²) in [5.74, 6) is 2.35. The molecule has 3 rings (SSSR count). The number of carbonyl (C=O) groups is 1. The molecule has 5 nitrogen and oxygen atoms in total. The number of aliphatic imine (C=N–C) groups is 1. The van der Waals surface area contributed by atoms with Gasteiger partial charge >= 0.3 is 0 Å². The molecule has 0 spiro atoms. The van der Waals surface area contributed by atoms with Crippen molar-refractivity contribution in [3.63, 3.8) is 0 Å². The maximum absolute atomic E-state index is 12.1. The number of nitrogens with one attached hydrogen (secondary N) is 1. The molecule has 0 saturated heterocycles. The van der Waals surface area contributed by atoms with E-state index in [0.717, 1.165) is 16.7 Å². The number of fused-ring (bicyclic) bond motifs is 1. The largest absolute Gasteiger partial charge is 0.454 e. The topological polar surface area (TPSA) is 59.9 Å². The lowest BCUT2D eigenvalue weighted by Gasteiger charge is -2.11. The van der Waals surface area contributed by atoms with Crippen LogP contribution < -0.4 is 14.8 Å². The fourth-order valence-electron chi connectivity index (χ4n) is 1.81. The number of rotatable bonds is 3. The molecule has 20 heavy (non-hydrogen) atoms. The second-order valence-electron chi connectivity index (χ2n) is 4.31. The second kappa shape index (κ2) is 5.97. The molecule has 0 bridgehead atoms. The Bertz CT molecular complexity index is 563. The van der Waals surface area contributed by atoms with Crippen LogP contribution >= 0.6 is 23.5 Å². The molecule has 7 heteroatoms. The van der Waals surface area contributed by atoms with E-state index in [9.17, 15) is 4.79 Å². The number of hydrogen-bond acceptors (Lipinski definition) is 6. The lowest BCUT2D eigenvalue weighted by Crippen LogP contribution is -2.23. The van der Waals surface area contributed by atoms with E-state index >= 15 is 0 Å². The third-order valence-electron chi connectivity index (χ3n) is 2.84. The maximum Gasteiger partial charge on any atom is 0.237 e. The molecule has 2 heterocycles. The van der Waals surface area contributed by atoms with Crippen molar-refractivity contribution in [3.8, 4) is 11.5 Å². The predicted molar refractivity (Wildman–Crippen MR) is 83.0 cm³/mol. The third-order valence-corrected chi connectivity index (χ3v) is 5.15. The van der Waals surface area contributed by atoms with E-state index in [1.165, 1.54) is 11.8 Å². The first-order chi connectivity index (χ1) is 9.72. The first-order valence-electron chi connectivity index (χ1n) is 6.27. The third kappa shape index (κ3) is 3.04. The highest BCUT2D eigenvalue weighted by atomic mass is 32.2. The molecule has 1 atom stereocenters. The van der Waals surface area contributed by atoms with Gasteiger partial charge in [-0.1, -0.05) is 23.5 Å². The Kier molecular flexibility index (Phi) is 4.07. The average molecular weight is 310 g/mol. The van der Waals surface area contributed by atoms with Crippen molar-refractivity contribution in [3.05, 3.63) is 18.2 Å². The van der Waals surface area contributed by atoms with Crippen LogP contribution in [0.25, 0.3) is 0 Å². The lowest BCUT2D eigenvalue weighted by molar-refractivity contribution is -0.115. The van der Waals surface area contributed by atoms with Crippen molar-refractivity contribution in [1.29, 1.82) is 0 Å². The smallest absolute Gasteiger partial charge is 0.237 e. The van der Waals surface area contributed by atoms with Gasteiger partial charge in [0.1, 0.15) is 4.38 Å². The van der Waals surface area contributed by atoms with Crippen LogP contribution in [-0.2, 0) is 4.79 Å². The van der Waals surface area contributed by atoms with Crippen LogP contribution in [0, 0.1) is 0 Å². The maximum atomic E-state index is 12.1. The van der Waals surface area contributed by atoms with Crippen molar-refractivity contribution >= 4 is 39.5 Å². The van der Waals surface area contributed by atoms with Crippen LogP contribution in [0.5, 0.6) is 11.5 Å². The summed E-state index contributed by atoms with van der Waals surface area (Å²) in [5.41, 5.74) is 0.715. The van der Waals surface area contributed by atoms with Crippen molar-refractivity contribution < 1.29 is 14.3 Å². The number of hydrogen-bond donors (Lipinski definition) is 1. The highest BCUT2D eigenvalue weighted by Crippen LogP contribution is 2.34. The van der Waals surface area contributed by atoms with Crippen molar-refractivity contribution in [1.82, 2.24) is 0 Å². The second-order valence-corrected chi connectivity index (χ2v) is 6.99. The van der Waals surface area contributed by atoms with Gasteiger partial charge in [-0.05, 0) is 19.1 Å². The number of thioether (sulfide) groups is 2. The molecule has 0 unspecified atom stereocenters. The van der Waals surface area contributed by atoms with E-state index in [1.54, 1.807) is 23.9 Å². The summed E-state index contributed by atoms with van der Waals surface area (Å²) in [5, 5.41) is 2.71. The minimum Gasteiger partial charge on any atom is -0.454 e. The first kappa shape index (κ1) is 13.6. The van der Waals surface area contributed by atoms with Gasteiger partial charge in [0.05, 0.1) is 11.8 Å². The summed E-state index contributed by atoms with van der Waals surface area (Å²) in [4.78, 5) is 16.5. The monoisotopic (exact) mass is 310 g/mol. The summed E-state index contributed by atoms with van der Waals surface area (Å²) in [6.07, 6.45) is 0. The Morgan fingerprint density at radius 2 is 2.30 bits per heavy atom. The van der Waals surface area contributed by atoms with Gasteiger partial charge in [-0.2, -0.15) is 0 Å². The summed E-state index contributed by atoms with van der Waals surface area (Å²) in [7, 11) is 0. The van der Waals surface area contributed by atoms with E-state index in [1.807, 2.05) is 13.0 Å². The summed E-state index contributed by atoms with van der Waals surface area (Å²) < 4.78 is 11.5. The number of anilines is 1. The molecule has 106 valence electrons. The van der Waals surface area contributed by atoms with Gasteiger partial charge in [0, 0.05) is 17.5 Å². The zero-order valence-electron chi connectivity index (χ0n) is 10.9. The van der Waals surface area contributed by atoms with Crippen LogP contribution in [0.3, 0.4) is 0 Å².